The highest BCUT2D eigenvalue weighted by Crippen LogP contribution is 2.34. The minimum Gasteiger partial charge on any atom is -0.294 e. The molecule has 1 aliphatic rings. The number of ketones is 1. The molecule has 1 aromatic heterocycles. The number of aromatic nitrogens is 1. The van der Waals surface area contributed by atoms with Crippen LogP contribution in [0.1, 0.15) is 36.3 Å². The maximum Gasteiger partial charge on any atom is 0.165 e. The average Bonchev–Trinajstić information content (AvgIpc) is 2.00. The molecule has 14 heavy (non-hydrogen) atoms. The number of fused-ring (bicyclic) bond motifs is 1. The number of halogens is 1. The van der Waals surface area contributed by atoms with Gasteiger partial charge in [0, 0.05) is 12.0 Å². The molecule has 0 N–H and O–H groups in total. The third-order valence-electron chi connectivity index (χ3n) is 2.53. The van der Waals surface area contributed by atoms with Gasteiger partial charge in [-0.2, -0.15) is 0 Å². The van der Waals surface area contributed by atoms with Crippen molar-refractivity contribution in [2.75, 3.05) is 0 Å². The van der Waals surface area contributed by atoms with Crippen molar-refractivity contribution in [3.8, 4) is 0 Å². The fourth-order valence-corrected chi connectivity index (χ4v) is 2.07. The highest BCUT2D eigenvalue weighted by molar-refractivity contribution is 6.29. The van der Waals surface area contributed by atoms with E-state index in [0.717, 1.165) is 17.7 Å². The first kappa shape index (κ1) is 9.66. The summed E-state index contributed by atoms with van der Waals surface area (Å²) in [7, 11) is 0. The molecule has 0 radical (unpaired) electrons. The van der Waals surface area contributed by atoms with E-state index in [9.17, 15) is 4.79 Å². The summed E-state index contributed by atoms with van der Waals surface area (Å²) in [5.74, 6) is 0.181. The molecule has 0 spiro atoms. The van der Waals surface area contributed by atoms with Crippen LogP contribution < -0.4 is 0 Å². The molecule has 0 saturated carbocycles. The van der Waals surface area contributed by atoms with Gasteiger partial charge in [0.05, 0.1) is 5.69 Å². The van der Waals surface area contributed by atoms with Crippen molar-refractivity contribution in [2.45, 2.75) is 26.7 Å². The zero-order valence-corrected chi connectivity index (χ0v) is 9.06. The van der Waals surface area contributed by atoms with Crippen LogP contribution >= 0.6 is 11.6 Å². The number of hydrogen-bond acceptors (Lipinski definition) is 2. The number of pyridine rings is 1. The molecule has 0 saturated heterocycles. The smallest absolute Gasteiger partial charge is 0.165 e. The van der Waals surface area contributed by atoms with Crippen LogP contribution in [-0.2, 0) is 6.42 Å². The van der Waals surface area contributed by atoms with Gasteiger partial charge >= 0.3 is 0 Å². The zero-order valence-electron chi connectivity index (χ0n) is 8.30. The molecule has 0 aliphatic heterocycles. The number of rotatable bonds is 0. The summed E-state index contributed by atoms with van der Waals surface area (Å²) in [5, 5.41) is 0.467. The minimum absolute atomic E-state index is 0.0156. The van der Waals surface area contributed by atoms with E-state index in [1.807, 2.05) is 0 Å². The quantitative estimate of drug-likeness (QED) is 0.615. The van der Waals surface area contributed by atoms with Crippen molar-refractivity contribution in [3.63, 3.8) is 0 Å². The van der Waals surface area contributed by atoms with Gasteiger partial charge in [0.15, 0.2) is 5.78 Å². The van der Waals surface area contributed by atoms with Crippen LogP contribution in [0.25, 0.3) is 0 Å². The van der Waals surface area contributed by atoms with Crippen molar-refractivity contribution in [1.29, 1.82) is 0 Å². The molecule has 3 heteroatoms. The van der Waals surface area contributed by atoms with E-state index in [2.05, 4.69) is 18.8 Å². The first-order valence-corrected chi connectivity index (χ1v) is 5.04. The molecule has 2 nitrogen and oxygen atoms in total. The second kappa shape index (κ2) is 3.06. The molecular formula is C11H12ClNO. The maximum atomic E-state index is 11.7. The van der Waals surface area contributed by atoms with Gasteiger partial charge in [0.2, 0.25) is 0 Å². The Hall–Kier alpha value is -0.890. The van der Waals surface area contributed by atoms with Crippen LogP contribution in [0.15, 0.2) is 12.1 Å². The summed E-state index contributed by atoms with van der Waals surface area (Å²) < 4.78 is 0. The van der Waals surface area contributed by atoms with E-state index in [1.54, 1.807) is 12.1 Å². The summed E-state index contributed by atoms with van der Waals surface area (Å²) in [6.45, 7) is 4.16. The van der Waals surface area contributed by atoms with Gasteiger partial charge in [-0.15, -0.1) is 0 Å². The molecule has 2 rings (SSSR count). The molecule has 0 fully saturated rings. The van der Waals surface area contributed by atoms with Crippen LogP contribution in [-0.4, -0.2) is 10.8 Å². The van der Waals surface area contributed by atoms with Crippen LogP contribution in [0.4, 0.5) is 0 Å². The van der Waals surface area contributed by atoms with Crippen LogP contribution in [0, 0.1) is 5.41 Å². The Kier molecular flexibility index (Phi) is 2.11. The first-order chi connectivity index (χ1) is 6.48. The minimum atomic E-state index is 0.0156. The fraction of sp³-hybridized carbons (Fsp3) is 0.455. The van der Waals surface area contributed by atoms with Crippen LogP contribution in [0.5, 0.6) is 0 Å². The zero-order chi connectivity index (χ0) is 10.3. The molecule has 1 aromatic rings. The molecule has 0 aromatic carbocycles. The van der Waals surface area contributed by atoms with E-state index in [4.69, 9.17) is 11.6 Å². The highest BCUT2D eigenvalue weighted by Gasteiger charge is 2.31. The van der Waals surface area contributed by atoms with Gasteiger partial charge in [-0.05, 0) is 24.0 Å². The summed E-state index contributed by atoms with van der Waals surface area (Å²) in [6.07, 6.45) is 1.43. The standard InChI is InChI=1S/C11H12ClNO/c1-11(2)5-8-7(9(14)6-11)3-4-10(12)13-8/h3-4H,5-6H2,1-2H3. The predicted octanol–water partition coefficient (Wildman–Crippen LogP) is 2.89. The summed E-state index contributed by atoms with van der Waals surface area (Å²) in [4.78, 5) is 15.9. The van der Waals surface area contributed by atoms with E-state index in [-0.39, 0.29) is 11.2 Å². The third-order valence-corrected chi connectivity index (χ3v) is 2.74. The number of hydrogen-bond donors (Lipinski definition) is 0. The maximum absolute atomic E-state index is 11.7. The Balaban J connectivity index is 2.51. The molecule has 0 amide bonds. The molecule has 1 heterocycles. The number of nitrogens with zero attached hydrogens (tertiary/aromatic N) is 1. The van der Waals surface area contributed by atoms with Crippen molar-refractivity contribution in [3.05, 3.63) is 28.5 Å². The summed E-state index contributed by atoms with van der Waals surface area (Å²) in [6, 6.07) is 3.46. The number of carbonyl (C=O) groups excluding carboxylic acids is 1. The average molecular weight is 210 g/mol. The lowest BCUT2D eigenvalue weighted by atomic mass is 9.76. The number of carbonyl (C=O) groups is 1. The van der Waals surface area contributed by atoms with E-state index < -0.39 is 0 Å². The van der Waals surface area contributed by atoms with Gasteiger partial charge in [-0.1, -0.05) is 25.4 Å². The Morgan fingerprint density at radius 2 is 2.07 bits per heavy atom. The largest absolute Gasteiger partial charge is 0.294 e. The first-order valence-electron chi connectivity index (χ1n) is 4.67. The lowest BCUT2D eigenvalue weighted by Gasteiger charge is -2.29. The highest BCUT2D eigenvalue weighted by atomic mass is 35.5. The molecular weight excluding hydrogens is 198 g/mol. The van der Waals surface area contributed by atoms with E-state index >= 15 is 0 Å². The van der Waals surface area contributed by atoms with Gasteiger partial charge in [-0.3, -0.25) is 4.79 Å². The molecule has 1 aliphatic carbocycles. The Morgan fingerprint density at radius 3 is 2.79 bits per heavy atom. The molecule has 0 atom stereocenters. The lowest BCUT2D eigenvalue weighted by molar-refractivity contribution is 0.0910. The molecule has 0 unspecified atom stereocenters. The summed E-state index contributed by atoms with van der Waals surface area (Å²) in [5.41, 5.74) is 1.61. The van der Waals surface area contributed by atoms with Crippen molar-refractivity contribution < 1.29 is 4.79 Å². The van der Waals surface area contributed by atoms with Crippen molar-refractivity contribution in [1.82, 2.24) is 4.98 Å². The van der Waals surface area contributed by atoms with E-state index in [0.29, 0.717) is 11.6 Å². The Morgan fingerprint density at radius 1 is 1.36 bits per heavy atom. The number of Topliss-reactive ketones (excluding diaryl/α,β-unsaturated/α-hetero) is 1. The monoisotopic (exact) mass is 209 g/mol. The van der Waals surface area contributed by atoms with E-state index in [1.165, 1.54) is 0 Å². The van der Waals surface area contributed by atoms with Crippen molar-refractivity contribution >= 4 is 17.4 Å². The second-order valence-corrected chi connectivity index (χ2v) is 4.96. The topological polar surface area (TPSA) is 30.0 Å². The molecule has 0 bridgehead atoms. The lowest BCUT2D eigenvalue weighted by Crippen LogP contribution is -2.27. The van der Waals surface area contributed by atoms with Crippen molar-refractivity contribution in [2.24, 2.45) is 5.41 Å². The van der Waals surface area contributed by atoms with Gasteiger partial charge in [-0.25, -0.2) is 4.98 Å². The SMILES string of the molecule is CC1(C)CC(=O)c2ccc(Cl)nc2C1. The van der Waals surface area contributed by atoms with Crippen LogP contribution in [0.2, 0.25) is 5.15 Å². The fourth-order valence-electron chi connectivity index (χ4n) is 1.91. The normalized spacial score (nSPS) is 19.2. The Bertz CT molecular complexity index is 398. The van der Waals surface area contributed by atoms with Crippen LogP contribution in [0.3, 0.4) is 0 Å². The van der Waals surface area contributed by atoms with Gasteiger partial charge < -0.3 is 0 Å². The van der Waals surface area contributed by atoms with Gasteiger partial charge in [0.1, 0.15) is 5.15 Å². The summed E-state index contributed by atoms with van der Waals surface area (Å²) >= 11 is 5.80. The van der Waals surface area contributed by atoms with Gasteiger partial charge in [0.25, 0.3) is 0 Å². The predicted molar refractivity (Wildman–Crippen MR) is 55.7 cm³/mol. The second-order valence-electron chi connectivity index (χ2n) is 4.57. The third kappa shape index (κ3) is 1.67. The Labute approximate surface area is 88.3 Å². The molecule has 74 valence electrons.